The van der Waals surface area contributed by atoms with Gasteiger partial charge in [0.05, 0.1) is 6.61 Å². The molecule has 1 unspecified atom stereocenters. The Bertz CT molecular complexity index is 476. The van der Waals surface area contributed by atoms with Gasteiger partial charge in [-0.2, -0.15) is 0 Å². The number of fused-ring (bicyclic) bond motifs is 1. The Hall–Kier alpha value is -1.10. The van der Waals surface area contributed by atoms with Crippen molar-refractivity contribution in [1.82, 2.24) is 10.2 Å². The Balaban J connectivity index is 2.23. The molecule has 1 aromatic rings. The first-order valence-electron chi connectivity index (χ1n) is 8.51. The summed E-state index contributed by atoms with van der Waals surface area (Å²) in [6.07, 6.45) is 3.03. The normalized spacial score (nSPS) is 18.3. The van der Waals surface area contributed by atoms with E-state index in [1.165, 1.54) is 16.7 Å². The molecule has 4 heteroatoms. The highest BCUT2D eigenvalue weighted by Crippen LogP contribution is 2.35. The second-order valence-corrected chi connectivity index (χ2v) is 6.00. The lowest BCUT2D eigenvalue weighted by atomic mass is 9.89. The summed E-state index contributed by atoms with van der Waals surface area (Å²) in [5.74, 6) is 1.01. The van der Waals surface area contributed by atoms with Crippen molar-refractivity contribution < 1.29 is 9.84 Å². The van der Waals surface area contributed by atoms with Gasteiger partial charge in [0.2, 0.25) is 0 Å². The molecular formula is C18H30N2O2. The van der Waals surface area contributed by atoms with E-state index < -0.39 is 0 Å². The summed E-state index contributed by atoms with van der Waals surface area (Å²) in [4.78, 5) is 2.44. The number of nitrogens with zero attached hydrogens (tertiary/aromatic N) is 1. The molecule has 1 atom stereocenters. The number of nitrogens with one attached hydrogen (secondary N) is 1. The molecule has 0 bridgehead atoms. The molecule has 2 N–H and O–H groups in total. The van der Waals surface area contributed by atoms with Crippen LogP contribution in [0.3, 0.4) is 0 Å². The highest BCUT2D eigenvalue weighted by Gasteiger charge is 2.25. The van der Waals surface area contributed by atoms with Gasteiger partial charge in [0.25, 0.3) is 0 Å². The summed E-state index contributed by atoms with van der Waals surface area (Å²) in [6.45, 7) is 7.97. The molecule has 1 heterocycles. The minimum atomic E-state index is 0.236. The number of rotatable bonds is 8. The summed E-state index contributed by atoms with van der Waals surface area (Å²) >= 11 is 0. The van der Waals surface area contributed by atoms with Crippen LogP contribution in [0.25, 0.3) is 0 Å². The molecule has 0 spiro atoms. The molecule has 0 amide bonds. The van der Waals surface area contributed by atoms with E-state index in [1.807, 2.05) is 6.92 Å². The number of likely N-dealkylation sites (N-methyl/N-ethyl adjacent to an activating group) is 1. The zero-order valence-electron chi connectivity index (χ0n) is 14.2. The van der Waals surface area contributed by atoms with Crippen molar-refractivity contribution in [2.45, 2.75) is 45.7 Å². The highest BCUT2D eigenvalue weighted by molar-refractivity contribution is 5.45. The van der Waals surface area contributed by atoms with Crippen molar-refractivity contribution in [3.63, 3.8) is 0 Å². The van der Waals surface area contributed by atoms with Crippen LogP contribution >= 0.6 is 0 Å². The summed E-state index contributed by atoms with van der Waals surface area (Å²) in [5, 5.41) is 12.3. The van der Waals surface area contributed by atoms with Crippen molar-refractivity contribution in [3.05, 3.63) is 28.8 Å². The van der Waals surface area contributed by atoms with Gasteiger partial charge < -0.3 is 15.2 Å². The summed E-state index contributed by atoms with van der Waals surface area (Å²) < 4.78 is 5.88. The summed E-state index contributed by atoms with van der Waals surface area (Å²) in [5.41, 5.74) is 4.13. The fraction of sp³-hybridized carbons (Fsp3) is 0.667. The van der Waals surface area contributed by atoms with Crippen molar-refractivity contribution in [2.75, 3.05) is 33.4 Å². The van der Waals surface area contributed by atoms with Crippen LogP contribution in [0.5, 0.6) is 5.75 Å². The maximum atomic E-state index is 8.87. The predicted octanol–water partition coefficient (Wildman–Crippen LogP) is 2.50. The zero-order valence-corrected chi connectivity index (χ0v) is 14.2. The zero-order chi connectivity index (χ0) is 15.9. The van der Waals surface area contributed by atoms with Crippen LogP contribution in [0.1, 0.15) is 49.4 Å². The Morgan fingerprint density at radius 3 is 2.86 bits per heavy atom. The Labute approximate surface area is 134 Å². The molecule has 124 valence electrons. The van der Waals surface area contributed by atoms with Crippen molar-refractivity contribution in [3.8, 4) is 5.75 Å². The molecule has 4 nitrogen and oxygen atoms in total. The minimum Gasteiger partial charge on any atom is -0.494 e. The van der Waals surface area contributed by atoms with Gasteiger partial charge in [-0.25, -0.2) is 0 Å². The molecule has 1 aliphatic rings. The maximum absolute atomic E-state index is 8.87. The number of aliphatic hydroxyl groups excluding tert-OH is 1. The number of hydrogen-bond donors (Lipinski definition) is 2. The van der Waals surface area contributed by atoms with Crippen molar-refractivity contribution in [2.24, 2.45) is 0 Å². The fourth-order valence-corrected chi connectivity index (χ4v) is 3.29. The SMILES string of the molecule is CCOc1cc2c(cc1CNCCCO)CCN(C)C2CC. The second kappa shape index (κ2) is 8.51. The average Bonchev–Trinajstić information content (AvgIpc) is 2.52. The topological polar surface area (TPSA) is 44.7 Å². The Morgan fingerprint density at radius 2 is 2.18 bits per heavy atom. The van der Waals surface area contributed by atoms with Crippen molar-refractivity contribution >= 4 is 0 Å². The van der Waals surface area contributed by atoms with E-state index in [2.05, 4.69) is 36.3 Å². The van der Waals surface area contributed by atoms with Crippen LogP contribution in [0.4, 0.5) is 0 Å². The highest BCUT2D eigenvalue weighted by atomic mass is 16.5. The average molecular weight is 306 g/mol. The number of ether oxygens (including phenoxy) is 1. The molecule has 22 heavy (non-hydrogen) atoms. The number of benzene rings is 1. The summed E-state index contributed by atoms with van der Waals surface area (Å²) in [7, 11) is 2.21. The van der Waals surface area contributed by atoms with Gasteiger partial charge in [0, 0.05) is 31.3 Å². The van der Waals surface area contributed by atoms with E-state index in [9.17, 15) is 0 Å². The fourth-order valence-electron chi connectivity index (χ4n) is 3.29. The molecule has 0 saturated heterocycles. The lowest BCUT2D eigenvalue weighted by Crippen LogP contribution is -2.32. The van der Waals surface area contributed by atoms with Gasteiger partial charge >= 0.3 is 0 Å². The maximum Gasteiger partial charge on any atom is 0.124 e. The smallest absolute Gasteiger partial charge is 0.124 e. The third kappa shape index (κ3) is 4.00. The first kappa shape index (κ1) is 17.3. The molecule has 2 rings (SSSR count). The molecule has 0 aromatic heterocycles. The van der Waals surface area contributed by atoms with E-state index >= 15 is 0 Å². The lowest BCUT2D eigenvalue weighted by molar-refractivity contribution is 0.224. The van der Waals surface area contributed by atoms with Crippen LogP contribution in [0.2, 0.25) is 0 Å². The summed E-state index contributed by atoms with van der Waals surface area (Å²) in [6, 6.07) is 5.08. The molecule has 1 aromatic carbocycles. The molecule has 1 aliphatic heterocycles. The lowest BCUT2D eigenvalue weighted by Gasteiger charge is -2.34. The van der Waals surface area contributed by atoms with E-state index in [-0.39, 0.29) is 6.61 Å². The van der Waals surface area contributed by atoms with Gasteiger partial charge in [-0.1, -0.05) is 13.0 Å². The van der Waals surface area contributed by atoms with Gasteiger partial charge in [0.1, 0.15) is 5.75 Å². The molecular weight excluding hydrogens is 276 g/mol. The monoisotopic (exact) mass is 306 g/mol. The second-order valence-electron chi connectivity index (χ2n) is 6.00. The van der Waals surface area contributed by atoms with Crippen LogP contribution in [0, 0.1) is 0 Å². The first-order chi connectivity index (χ1) is 10.7. The molecule has 0 fully saturated rings. The van der Waals surface area contributed by atoms with Gasteiger partial charge in [-0.05, 0) is 57.0 Å². The first-order valence-corrected chi connectivity index (χ1v) is 8.51. The third-order valence-corrected chi connectivity index (χ3v) is 4.46. The predicted molar refractivity (Wildman–Crippen MR) is 90.4 cm³/mol. The van der Waals surface area contributed by atoms with Crippen LogP contribution in [0.15, 0.2) is 12.1 Å². The number of aliphatic hydroxyl groups is 1. The van der Waals surface area contributed by atoms with Gasteiger partial charge in [-0.3, -0.25) is 4.90 Å². The molecule has 0 saturated carbocycles. The minimum absolute atomic E-state index is 0.236. The Morgan fingerprint density at radius 1 is 1.36 bits per heavy atom. The van der Waals surface area contributed by atoms with E-state index in [0.29, 0.717) is 12.6 Å². The van der Waals surface area contributed by atoms with E-state index in [1.54, 1.807) is 0 Å². The number of hydrogen-bond acceptors (Lipinski definition) is 4. The van der Waals surface area contributed by atoms with Crippen molar-refractivity contribution in [1.29, 1.82) is 0 Å². The quantitative estimate of drug-likeness (QED) is 0.724. The van der Waals surface area contributed by atoms with Crippen LogP contribution < -0.4 is 10.1 Å². The Kier molecular flexibility index (Phi) is 6.68. The van der Waals surface area contributed by atoms with Gasteiger partial charge in [0.15, 0.2) is 0 Å². The molecule has 0 aliphatic carbocycles. The van der Waals surface area contributed by atoms with Crippen LogP contribution in [-0.2, 0) is 13.0 Å². The third-order valence-electron chi connectivity index (χ3n) is 4.46. The van der Waals surface area contributed by atoms with E-state index in [4.69, 9.17) is 9.84 Å². The van der Waals surface area contributed by atoms with Gasteiger partial charge in [-0.15, -0.1) is 0 Å². The molecule has 0 radical (unpaired) electrons. The largest absolute Gasteiger partial charge is 0.494 e. The van der Waals surface area contributed by atoms with Crippen LogP contribution in [-0.4, -0.2) is 43.4 Å². The standard InChI is InChI=1S/C18H30N2O2/c1-4-17-16-12-18(22-5-2)15(13-19-8-6-10-21)11-14(16)7-9-20(17)3/h11-12,17,19,21H,4-10,13H2,1-3H3. The van der Waals surface area contributed by atoms with E-state index in [0.717, 1.165) is 44.6 Å².